The Kier molecular flexibility index (Phi) is 5.55. The first-order chi connectivity index (χ1) is 17.3. The summed E-state index contributed by atoms with van der Waals surface area (Å²) in [4.78, 5) is 28.1. The SMILES string of the molecule is CN(C)CC1CN2c3c(cnc4c(F)c(-c5cccc6cccc(Cl)c56)ncc34)N(C)C(=O)C2CN1. The minimum atomic E-state index is -0.501. The first-order valence-corrected chi connectivity index (χ1v) is 12.3. The molecule has 0 aliphatic carbocycles. The monoisotopic (exact) mass is 504 g/mol. The summed E-state index contributed by atoms with van der Waals surface area (Å²) in [5.74, 6) is -0.506. The van der Waals surface area contributed by atoms with Gasteiger partial charge in [-0.1, -0.05) is 41.9 Å². The maximum Gasteiger partial charge on any atom is 0.250 e. The Morgan fingerprint density at radius 1 is 1.17 bits per heavy atom. The maximum atomic E-state index is 16.1. The van der Waals surface area contributed by atoms with Gasteiger partial charge in [-0.25, -0.2) is 4.39 Å². The predicted molar refractivity (Wildman–Crippen MR) is 142 cm³/mol. The summed E-state index contributed by atoms with van der Waals surface area (Å²) < 4.78 is 16.1. The lowest BCUT2D eigenvalue weighted by Crippen LogP contribution is -2.65. The zero-order valence-electron chi connectivity index (χ0n) is 20.3. The van der Waals surface area contributed by atoms with Gasteiger partial charge in [-0.05, 0) is 25.5 Å². The molecular weight excluding hydrogens is 479 g/mol. The molecule has 1 saturated heterocycles. The molecule has 6 rings (SSSR count). The molecule has 2 atom stereocenters. The Morgan fingerprint density at radius 2 is 1.94 bits per heavy atom. The number of nitrogens with one attached hydrogen (secondary N) is 1. The molecule has 36 heavy (non-hydrogen) atoms. The molecule has 1 fully saturated rings. The number of aromatic nitrogens is 2. The number of rotatable bonds is 3. The first kappa shape index (κ1) is 23.1. The Morgan fingerprint density at radius 3 is 2.72 bits per heavy atom. The fourth-order valence-electron chi connectivity index (χ4n) is 5.52. The molecule has 0 saturated carbocycles. The number of likely N-dealkylation sites (N-methyl/N-ethyl adjacent to an activating group) is 2. The number of amides is 1. The zero-order chi connectivity index (χ0) is 25.1. The number of carbonyl (C=O) groups is 1. The average molecular weight is 505 g/mol. The van der Waals surface area contributed by atoms with Crippen LogP contribution in [0.1, 0.15) is 0 Å². The third-order valence-corrected chi connectivity index (χ3v) is 7.47. The van der Waals surface area contributed by atoms with Crippen LogP contribution in [0.4, 0.5) is 15.8 Å². The first-order valence-electron chi connectivity index (χ1n) is 11.9. The number of piperazine rings is 1. The van der Waals surface area contributed by atoms with Crippen molar-refractivity contribution in [3.05, 3.63) is 59.6 Å². The molecular formula is C27H26ClFN6O. The Labute approximate surface area is 213 Å². The van der Waals surface area contributed by atoms with E-state index in [-0.39, 0.29) is 29.2 Å². The van der Waals surface area contributed by atoms with Crippen molar-refractivity contribution in [3.63, 3.8) is 0 Å². The Bertz CT molecular complexity index is 1520. The molecule has 0 radical (unpaired) electrons. The fourth-order valence-corrected chi connectivity index (χ4v) is 5.80. The highest BCUT2D eigenvalue weighted by Crippen LogP contribution is 2.43. The predicted octanol–water partition coefficient (Wildman–Crippen LogP) is 3.93. The largest absolute Gasteiger partial charge is 0.355 e. The molecule has 2 unspecified atom stereocenters. The van der Waals surface area contributed by atoms with Gasteiger partial charge in [0.25, 0.3) is 5.91 Å². The molecule has 7 nitrogen and oxygen atoms in total. The lowest BCUT2D eigenvalue weighted by atomic mass is 9.98. The topological polar surface area (TPSA) is 64.6 Å². The molecule has 2 aromatic heterocycles. The summed E-state index contributed by atoms with van der Waals surface area (Å²) in [6.45, 7) is 1.97. The van der Waals surface area contributed by atoms with Crippen LogP contribution in [0.25, 0.3) is 32.9 Å². The normalized spacial score (nSPS) is 19.8. The number of benzene rings is 2. The van der Waals surface area contributed by atoms with E-state index in [1.807, 2.05) is 44.4 Å². The molecule has 0 bridgehead atoms. The van der Waals surface area contributed by atoms with E-state index in [4.69, 9.17) is 11.6 Å². The van der Waals surface area contributed by atoms with Gasteiger partial charge in [-0.2, -0.15) is 0 Å². The van der Waals surface area contributed by atoms with Crippen molar-refractivity contribution in [1.82, 2.24) is 20.2 Å². The van der Waals surface area contributed by atoms with Gasteiger partial charge in [0.15, 0.2) is 5.82 Å². The van der Waals surface area contributed by atoms with Crippen LogP contribution in [0.3, 0.4) is 0 Å². The third-order valence-electron chi connectivity index (χ3n) is 7.16. The number of pyridine rings is 2. The van der Waals surface area contributed by atoms with E-state index < -0.39 is 5.82 Å². The van der Waals surface area contributed by atoms with Crippen LogP contribution in [0.15, 0.2) is 48.8 Å². The summed E-state index contributed by atoms with van der Waals surface area (Å²) in [6.07, 6.45) is 3.27. The summed E-state index contributed by atoms with van der Waals surface area (Å²) in [7, 11) is 5.79. The second-order valence-electron chi connectivity index (χ2n) is 9.75. The highest BCUT2D eigenvalue weighted by atomic mass is 35.5. The van der Waals surface area contributed by atoms with E-state index in [1.54, 1.807) is 30.4 Å². The van der Waals surface area contributed by atoms with Gasteiger partial charge in [-0.15, -0.1) is 0 Å². The van der Waals surface area contributed by atoms with Gasteiger partial charge in [0.1, 0.15) is 17.3 Å². The van der Waals surface area contributed by atoms with E-state index in [0.29, 0.717) is 34.7 Å². The Balaban J connectivity index is 1.54. The van der Waals surface area contributed by atoms with Crippen LogP contribution in [0.5, 0.6) is 0 Å². The molecule has 1 N–H and O–H groups in total. The number of hydrogen-bond donors (Lipinski definition) is 1. The number of carbonyl (C=O) groups excluding carboxylic acids is 1. The van der Waals surface area contributed by atoms with Crippen molar-refractivity contribution in [2.24, 2.45) is 0 Å². The molecule has 9 heteroatoms. The van der Waals surface area contributed by atoms with Crippen molar-refractivity contribution in [1.29, 1.82) is 0 Å². The number of halogens is 2. The number of nitrogens with zero attached hydrogens (tertiary/aromatic N) is 5. The van der Waals surface area contributed by atoms with Gasteiger partial charge >= 0.3 is 0 Å². The zero-order valence-corrected chi connectivity index (χ0v) is 21.1. The summed E-state index contributed by atoms with van der Waals surface area (Å²) in [5.41, 5.74) is 2.52. The second-order valence-corrected chi connectivity index (χ2v) is 10.2. The van der Waals surface area contributed by atoms with Crippen LogP contribution in [0, 0.1) is 5.82 Å². The third kappa shape index (κ3) is 3.51. The standard InChI is InChI=1S/C27H26ClFN6O/c1-33(2)13-16-14-35-21(12-30-16)27(36)34(3)20-11-32-25-18(26(20)35)10-31-24(23(25)29)17-8-4-6-15-7-5-9-19(28)22(15)17/h4-11,16,21,30H,12-14H2,1-3H3. The molecule has 0 spiro atoms. The minimum Gasteiger partial charge on any atom is -0.355 e. The van der Waals surface area contributed by atoms with Crippen molar-refractivity contribution >= 4 is 50.6 Å². The van der Waals surface area contributed by atoms with Gasteiger partial charge in [0, 0.05) is 60.3 Å². The molecule has 2 aromatic carbocycles. The van der Waals surface area contributed by atoms with Crippen molar-refractivity contribution < 1.29 is 9.18 Å². The summed E-state index contributed by atoms with van der Waals surface area (Å²) in [6, 6.07) is 11.1. The van der Waals surface area contributed by atoms with Crippen molar-refractivity contribution in [2.45, 2.75) is 12.1 Å². The second kappa shape index (κ2) is 8.65. The fraction of sp³-hybridized carbons (Fsp3) is 0.296. The lowest BCUT2D eigenvalue weighted by Gasteiger charge is -2.47. The van der Waals surface area contributed by atoms with E-state index in [1.165, 1.54) is 0 Å². The van der Waals surface area contributed by atoms with E-state index >= 15 is 4.39 Å². The van der Waals surface area contributed by atoms with E-state index in [0.717, 1.165) is 23.0 Å². The number of anilines is 2. The quantitative estimate of drug-likeness (QED) is 0.456. The van der Waals surface area contributed by atoms with Crippen LogP contribution in [-0.4, -0.2) is 73.6 Å². The van der Waals surface area contributed by atoms with Gasteiger partial charge in [-0.3, -0.25) is 14.8 Å². The Hall–Kier alpha value is -3.33. The minimum absolute atomic E-state index is 0.00472. The van der Waals surface area contributed by atoms with Crippen LogP contribution >= 0.6 is 11.6 Å². The number of fused-ring (bicyclic) bond motifs is 6. The van der Waals surface area contributed by atoms with Gasteiger partial charge in [0.05, 0.1) is 17.6 Å². The maximum absolute atomic E-state index is 16.1. The highest BCUT2D eigenvalue weighted by Gasteiger charge is 2.41. The molecule has 2 aliphatic heterocycles. The summed E-state index contributed by atoms with van der Waals surface area (Å²) in [5, 5.41) is 6.29. The highest BCUT2D eigenvalue weighted by molar-refractivity contribution is 6.36. The van der Waals surface area contributed by atoms with Crippen molar-refractivity contribution in [3.8, 4) is 11.3 Å². The van der Waals surface area contributed by atoms with Crippen LogP contribution in [-0.2, 0) is 4.79 Å². The molecule has 4 aromatic rings. The number of hydrogen-bond acceptors (Lipinski definition) is 6. The van der Waals surface area contributed by atoms with E-state index in [9.17, 15) is 4.79 Å². The molecule has 1 amide bonds. The van der Waals surface area contributed by atoms with E-state index in [2.05, 4.69) is 25.1 Å². The summed E-state index contributed by atoms with van der Waals surface area (Å²) >= 11 is 6.51. The van der Waals surface area contributed by atoms with Gasteiger partial charge in [0.2, 0.25) is 0 Å². The molecule has 2 aliphatic rings. The molecule has 184 valence electrons. The van der Waals surface area contributed by atoms with Crippen molar-refractivity contribution in [2.75, 3.05) is 50.6 Å². The van der Waals surface area contributed by atoms with Gasteiger partial charge < -0.3 is 20.0 Å². The lowest BCUT2D eigenvalue weighted by molar-refractivity contribution is -0.120. The average Bonchev–Trinajstić information content (AvgIpc) is 2.86. The smallest absolute Gasteiger partial charge is 0.250 e. The van der Waals surface area contributed by atoms with Crippen LogP contribution in [0.2, 0.25) is 5.02 Å². The molecule has 4 heterocycles. The van der Waals surface area contributed by atoms with Crippen LogP contribution < -0.4 is 15.1 Å².